The standard InChI is InChI=1S/C8H10FNO3/c1-12-7-4-3-6(9)8(5-11,10-7)13-2/h3-5,10H,1-2H3. The molecule has 0 saturated carbocycles. The van der Waals surface area contributed by atoms with E-state index in [-0.39, 0.29) is 5.88 Å². The van der Waals surface area contributed by atoms with Crippen molar-refractivity contribution in [3.05, 3.63) is 23.9 Å². The zero-order valence-corrected chi connectivity index (χ0v) is 7.33. The summed E-state index contributed by atoms with van der Waals surface area (Å²) in [5.74, 6) is -0.429. The van der Waals surface area contributed by atoms with E-state index < -0.39 is 11.6 Å². The first-order chi connectivity index (χ1) is 6.18. The Morgan fingerprint density at radius 2 is 2.23 bits per heavy atom. The molecule has 1 rings (SSSR count). The Kier molecular flexibility index (Phi) is 2.67. The van der Waals surface area contributed by atoms with Gasteiger partial charge in [-0.15, -0.1) is 0 Å². The van der Waals surface area contributed by atoms with Gasteiger partial charge in [0.15, 0.2) is 18.0 Å². The average Bonchev–Trinajstić information content (AvgIpc) is 2.19. The molecule has 0 spiro atoms. The van der Waals surface area contributed by atoms with Crippen molar-refractivity contribution < 1.29 is 18.7 Å². The number of carbonyl (C=O) groups excluding carboxylic acids is 1. The van der Waals surface area contributed by atoms with Gasteiger partial charge >= 0.3 is 0 Å². The molecule has 0 amide bonds. The SMILES string of the molecule is COC1=CC=C(F)C(C=O)(OC)N1. The first-order valence-corrected chi connectivity index (χ1v) is 3.60. The molecule has 13 heavy (non-hydrogen) atoms. The van der Waals surface area contributed by atoms with Gasteiger partial charge in [-0.1, -0.05) is 0 Å². The van der Waals surface area contributed by atoms with Crippen LogP contribution in [-0.4, -0.2) is 26.2 Å². The number of hydrogen-bond acceptors (Lipinski definition) is 4. The molecule has 5 heteroatoms. The first-order valence-electron chi connectivity index (χ1n) is 3.60. The number of rotatable bonds is 3. The van der Waals surface area contributed by atoms with Crippen molar-refractivity contribution in [2.24, 2.45) is 0 Å². The largest absolute Gasteiger partial charge is 0.482 e. The normalized spacial score (nSPS) is 27.0. The van der Waals surface area contributed by atoms with Crippen molar-refractivity contribution in [1.29, 1.82) is 0 Å². The molecule has 0 aromatic heterocycles. The van der Waals surface area contributed by atoms with Crippen LogP contribution in [0.5, 0.6) is 0 Å². The average molecular weight is 187 g/mol. The third-order valence-electron chi connectivity index (χ3n) is 1.75. The Hall–Kier alpha value is -1.36. The zero-order valence-electron chi connectivity index (χ0n) is 7.33. The lowest BCUT2D eigenvalue weighted by Gasteiger charge is -2.29. The minimum Gasteiger partial charge on any atom is -0.482 e. The molecule has 1 unspecified atom stereocenters. The summed E-state index contributed by atoms with van der Waals surface area (Å²) in [5.41, 5.74) is -1.74. The van der Waals surface area contributed by atoms with Gasteiger partial charge in [0.05, 0.1) is 7.11 Å². The molecule has 0 saturated heterocycles. The van der Waals surface area contributed by atoms with E-state index in [9.17, 15) is 9.18 Å². The number of carbonyl (C=O) groups is 1. The van der Waals surface area contributed by atoms with Gasteiger partial charge in [0.1, 0.15) is 0 Å². The minimum atomic E-state index is -1.74. The second kappa shape index (κ2) is 3.57. The highest BCUT2D eigenvalue weighted by molar-refractivity contribution is 5.68. The maximum atomic E-state index is 13.2. The topological polar surface area (TPSA) is 47.6 Å². The van der Waals surface area contributed by atoms with E-state index in [1.165, 1.54) is 20.3 Å². The number of allylic oxidation sites excluding steroid dienone is 2. The van der Waals surface area contributed by atoms with Crippen LogP contribution in [0.3, 0.4) is 0 Å². The summed E-state index contributed by atoms with van der Waals surface area (Å²) in [6, 6.07) is 0. The summed E-state index contributed by atoms with van der Waals surface area (Å²) in [4.78, 5) is 10.6. The molecule has 0 fully saturated rings. The van der Waals surface area contributed by atoms with Gasteiger partial charge in [0, 0.05) is 13.2 Å². The van der Waals surface area contributed by atoms with Crippen molar-refractivity contribution in [1.82, 2.24) is 5.32 Å². The lowest BCUT2D eigenvalue weighted by Crippen LogP contribution is -2.50. The Balaban J connectivity index is 2.98. The molecule has 0 bridgehead atoms. The van der Waals surface area contributed by atoms with E-state index in [0.29, 0.717) is 6.29 Å². The van der Waals surface area contributed by atoms with Gasteiger partial charge in [-0.2, -0.15) is 0 Å². The molecule has 0 aliphatic carbocycles. The number of nitrogens with one attached hydrogen (secondary N) is 1. The molecule has 0 aromatic rings. The number of halogens is 1. The predicted octanol–water partition coefficient (Wildman–Crippen LogP) is 0.472. The molecule has 1 atom stereocenters. The van der Waals surface area contributed by atoms with Crippen LogP contribution in [0.4, 0.5) is 4.39 Å². The van der Waals surface area contributed by atoms with Gasteiger partial charge in [-0.3, -0.25) is 4.79 Å². The maximum absolute atomic E-state index is 13.2. The predicted molar refractivity (Wildman–Crippen MR) is 43.2 cm³/mol. The summed E-state index contributed by atoms with van der Waals surface area (Å²) in [6.45, 7) is 0. The van der Waals surface area contributed by atoms with Gasteiger partial charge < -0.3 is 14.8 Å². The third kappa shape index (κ3) is 1.55. The fourth-order valence-corrected chi connectivity index (χ4v) is 0.959. The van der Waals surface area contributed by atoms with E-state index in [1.807, 2.05) is 0 Å². The van der Waals surface area contributed by atoms with Crippen molar-refractivity contribution in [3.63, 3.8) is 0 Å². The number of hydrogen-bond donors (Lipinski definition) is 1. The van der Waals surface area contributed by atoms with Crippen molar-refractivity contribution in [3.8, 4) is 0 Å². The highest BCUT2D eigenvalue weighted by Gasteiger charge is 2.38. The van der Waals surface area contributed by atoms with Crippen LogP contribution in [0.1, 0.15) is 0 Å². The van der Waals surface area contributed by atoms with Crippen LogP contribution in [0.15, 0.2) is 23.9 Å². The van der Waals surface area contributed by atoms with Gasteiger partial charge in [-0.25, -0.2) is 4.39 Å². The molecule has 0 radical (unpaired) electrons. The number of dihydropyridines is 1. The lowest BCUT2D eigenvalue weighted by atomic mass is 10.1. The third-order valence-corrected chi connectivity index (χ3v) is 1.75. The molecular formula is C8H10FNO3. The van der Waals surface area contributed by atoms with Crippen LogP contribution in [0.25, 0.3) is 0 Å². The summed E-state index contributed by atoms with van der Waals surface area (Å²) in [6.07, 6.45) is 2.83. The maximum Gasteiger partial charge on any atom is 0.251 e. The van der Waals surface area contributed by atoms with Gasteiger partial charge in [-0.05, 0) is 6.08 Å². The van der Waals surface area contributed by atoms with E-state index in [0.717, 1.165) is 6.08 Å². The number of ether oxygens (including phenoxy) is 2. The molecule has 1 N–H and O–H groups in total. The molecule has 1 heterocycles. The van der Waals surface area contributed by atoms with E-state index in [4.69, 9.17) is 9.47 Å². The van der Waals surface area contributed by atoms with Crippen molar-refractivity contribution >= 4 is 6.29 Å². The Bertz CT molecular complexity index is 275. The smallest absolute Gasteiger partial charge is 0.251 e. The molecule has 1 aliphatic heterocycles. The lowest BCUT2D eigenvalue weighted by molar-refractivity contribution is -0.129. The van der Waals surface area contributed by atoms with Crippen LogP contribution in [-0.2, 0) is 14.3 Å². The number of aldehydes is 1. The van der Waals surface area contributed by atoms with Crippen molar-refractivity contribution in [2.75, 3.05) is 14.2 Å². The molecular weight excluding hydrogens is 177 g/mol. The van der Waals surface area contributed by atoms with Crippen LogP contribution in [0.2, 0.25) is 0 Å². The summed E-state index contributed by atoms with van der Waals surface area (Å²) in [5, 5.41) is 2.47. The first kappa shape index (κ1) is 9.73. The van der Waals surface area contributed by atoms with Crippen LogP contribution in [0, 0.1) is 0 Å². The zero-order chi connectivity index (χ0) is 9.90. The van der Waals surface area contributed by atoms with Gasteiger partial charge in [0.2, 0.25) is 0 Å². The van der Waals surface area contributed by atoms with E-state index in [2.05, 4.69) is 5.32 Å². The summed E-state index contributed by atoms with van der Waals surface area (Å²) < 4.78 is 22.7. The second-order valence-electron chi connectivity index (χ2n) is 2.43. The summed E-state index contributed by atoms with van der Waals surface area (Å²) in [7, 11) is 2.63. The molecule has 1 aliphatic rings. The van der Waals surface area contributed by atoms with Gasteiger partial charge in [0.25, 0.3) is 5.72 Å². The Morgan fingerprint density at radius 3 is 2.69 bits per heavy atom. The second-order valence-corrected chi connectivity index (χ2v) is 2.43. The summed E-state index contributed by atoms with van der Waals surface area (Å²) >= 11 is 0. The molecule has 4 nitrogen and oxygen atoms in total. The van der Waals surface area contributed by atoms with Crippen LogP contribution < -0.4 is 5.32 Å². The molecule has 0 aromatic carbocycles. The Labute approximate surface area is 75.0 Å². The quantitative estimate of drug-likeness (QED) is 0.652. The minimum absolute atomic E-state index is 0.273. The van der Waals surface area contributed by atoms with E-state index in [1.54, 1.807) is 0 Å². The highest BCUT2D eigenvalue weighted by atomic mass is 19.1. The van der Waals surface area contributed by atoms with Crippen molar-refractivity contribution in [2.45, 2.75) is 5.72 Å². The monoisotopic (exact) mass is 187 g/mol. The van der Waals surface area contributed by atoms with Crippen LogP contribution >= 0.6 is 0 Å². The number of methoxy groups -OCH3 is 2. The van der Waals surface area contributed by atoms with E-state index >= 15 is 0 Å². The fraction of sp³-hybridized carbons (Fsp3) is 0.375. The fourth-order valence-electron chi connectivity index (χ4n) is 0.959. The highest BCUT2D eigenvalue weighted by Crippen LogP contribution is 2.22. The molecule has 72 valence electrons. The Morgan fingerprint density at radius 1 is 1.54 bits per heavy atom.